The zero-order valence-corrected chi connectivity index (χ0v) is 9.01. The summed E-state index contributed by atoms with van der Waals surface area (Å²) in [6.07, 6.45) is 0. The van der Waals surface area contributed by atoms with E-state index < -0.39 is 0 Å². The minimum absolute atomic E-state index is 0. The zero-order valence-electron chi connectivity index (χ0n) is 6.17. The summed E-state index contributed by atoms with van der Waals surface area (Å²) < 4.78 is 0. The molecule has 0 bridgehead atoms. The van der Waals surface area contributed by atoms with Gasteiger partial charge in [0.25, 0.3) is 0 Å². The van der Waals surface area contributed by atoms with E-state index in [0.717, 1.165) is 5.69 Å². The molecule has 0 atom stereocenters. The molecule has 0 fully saturated rings. The van der Waals surface area contributed by atoms with Gasteiger partial charge in [0.1, 0.15) is 0 Å². The summed E-state index contributed by atoms with van der Waals surface area (Å²) in [5, 5.41) is 2.78. The Morgan fingerprint density at radius 2 is 1.82 bits per heavy atom. The Bertz CT molecular complexity index is 221. The molecule has 0 saturated carbocycles. The van der Waals surface area contributed by atoms with Gasteiger partial charge in [0.15, 0.2) is 0 Å². The monoisotopic (exact) mass is 222 g/mol. The van der Waals surface area contributed by atoms with Gasteiger partial charge >= 0.3 is 0 Å². The van der Waals surface area contributed by atoms with Gasteiger partial charge in [0, 0.05) is 32.7 Å². The van der Waals surface area contributed by atoms with Crippen LogP contribution in [0.2, 0.25) is 0 Å². The van der Waals surface area contributed by atoms with E-state index in [2.05, 4.69) is 11.9 Å². The Morgan fingerprint density at radius 3 is 2.27 bits per heavy atom. The van der Waals surface area contributed by atoms with Crippen LogP contribution in [0.15, 0.2) is 42.7 Å². The third-order valence-corrected chi connectivity index (χ3v) is 1.07. The van der Waals surface area contributed by atoms with E-state index >= 15 is 0 Å². The first kappa shape index (κ1) is 10.7. The van der Waals surface area contributed by atoms with Crippen LogP contribution in [-0.2, 0) is 32.7 Å². The molecular formula is C8H9N2Y-. The van der Waals surface area contributed by atoms with Crippen LogP contribution >= 0.6 is 0 Å². The van der Waals surface area contributed by atoms with Crippen molar-refractivity contribution in [2.75, 3.05) is 5.32 Å². The molecule has 3 heteroatoms. The van der Waals surface area contributed by atoms with Crippen molar-refractivity contribution in [2.24, 2.45) is 0 Å². The van der Waals surface area contributed by atoms with Crippen molar-refractivity contribution in [3.8, 4) is 0 Å². The molecule has 11 heavy (non-hydrogen) atoms. The molecule has 0 aromatic heterocycles. The molecule has 0 saturated heterocycles. The van der Waals surface area contributed by atoms with E-state index in [9.17, 15) is 0 Å². The Morgan fingerprint density at radius 1 is 1.27 bits per heavy atom. The maximum atomic E-state index is 7.01. The molecule has 1 rings (SSSR count). The van der Waals surface area contributed by atoms with E-state index in [1.165, 1.54) is 0 Å². The van der Waals surface area contributed by atoms with Crippen LogP contribution in [0.5, 0.6) is 0 Å². The number of nitrogens with one attached hydrogen (secondary N) is 2. The van der Waals surface area contributed by atoms with E-state index in [1.54, 1.807) is 0 Å². The number of hydrogen-bond acceptors (Lipinski definition) is 1. The van der Waals surface area contributed by atoms with Gasteiger partial charge in [-0.15, -0.1) is 6.58 Å². The Balaban J connectivity index is 0.000001000. The van der Waals surface area contributed by atoms with Gasteiger partial charge in [-0.3, -0.25) is 0 Å². The first-order valence-electron chi connectivity index (χ1n) is 3.01. The van der Waals surface area contributed by atoms with Crippen LogP contribution in [0, 0.1) is 0 Å². The second-order valence-corrected chi connectivity index (χ2v) is 1.97. The van der Waals surface area contributed by atoms with Gasteiger partial charge < -0.3 is 11.1 Å². The van der Waals surface area contributed by atoms with Crippen molar-refractivity contribution < 1.29 is 32.7 Å². The topological polar surface area (TPSA) is 35.8 Å². The van der Waals surface area contributed by atoms with E-state index in [1.807, 2.05) is 30.3 Å². The van der Waals surface area contributed by atoms with E-state index in [-0.39, 0.29) is 38.5 Å². The smallest absolute Gasteiger partial charge is 0 e. The SMILES string of the molecule is C=C([NH-])Nc1ccccc1.[Y]. The predicted molar refractivity (Wildman–Crippen MR) is 43.5 cm³/mol. The summed E-state index contributed by atoms with van der Waals surface area (Å²) in [6.45, 7) is 3.41. The maximum Gasteiger partial charge on any atom is 0 e. The first-order chi connectivity index (χ1) is 4.79. The third kappa shape index (κ3) is 4.17. The Kier molecular flexibility index (Phi) is 5.17. The summed E-state index contributed by atoms with van der Waals surface area (Å²) >= 11 is 0. The van der Waals surface area contributed by atoms with Crippen LogP contribution in [0.1, 0.15) is 0 Å². The number of hydrogen-bond donors (Lipinski definition) is 1. The molecule has 55 valence electrons. The number of benzene rings is 1. The maximum absolute atomic E-state index is 7.01. The standard InChI is InChI=1S/C8H9N2.Y/c1-7(9)10-8-5-3-2-4-6-8;/h2-6,9-10H,1H2;/q-1;. The summed E-state index contributed by atoms with van der Waals surface area (Å²) in [5.74, 6) is 0.214. The predicted octanol–water partition coefficient (Wildman–Crippen LogP) is 2.62. The zero-order chi connectivity index (χ0) is 7.40. The number of para-hydroxylation sites is 1. The van der Waals surface area contributed by atoms with Crippen molar-refractivity contribution >= 4 is 5.69 Å². The minimum Gasteiger partial charge on any atom is -0.483 e. The van der Waals surface area contributed by atoms with Crippen LogP contribution < -0.4 is 5.32 Å². The molecule has 0 amide bonds. The molecule has 1 radical (unpaired) electrons. The van der Waals surface area contributed by atoms with Gasteiger partial charge in [-0.1, -0.05) is 36.2 Å². The molecule has 1 aromatic rings. The second kappa shape index (κ2) is 5.33. The number of anilines is 1. The molecule has 1 aromatic carbocycles. The van der Waals surface area contributed by atoms with Crippen molar-refractivity contribution in [1.29, 1.82) is 0 Å². The average Bonchev–Trinajstić information content (AvgIpc) is 1.88. The molecule has 0 aliphatic heterocycles. The molecule has 0 aliphatic carbocycles. The summed E-state index contributed by atoms with van der Waals surface area (Å²) in [6, 6.07) is 9.52. The van der Waals surface area contributed by atoms with Crippen LogP contribution in [-0.4, -0.2) is 0 Å². The van der Waals surface area contributed by atoms with Crippen LogP contribution in [0.4, 0.5) is 5.69 Å². The largest absolute Gasteiger partial charge is 0.483 e. The van der Waals surface area contributed by atoms with E-state index in [4.69, 9.17) is 5.73 Å². The fraction of sp³-hybridized carbons (Fsp3) is 0. The molecule has 0 spiro atoms. The van der Waals surface area contributed by atoms with Gasteiger partial charge in [0.2, 0.25) is 0 Å². The second-order valence-electron chi connectivity index (χ2n) is 1.97. The van der Waals surface area contributed by atoms with Crippen molar-refractivity contribution in [2.45, 2.75) is 0 Å². The normalized spacial score (nSPS) is 8.00. The molecule has 2 nitrogen and oxygen atoms in total. The van der Waals surface area contributed by atoms with Crippen molar-refractivity contribution in [1.82, 2.24) is 0 Å². The Labute approximate surface area is 91.7 Å². The average molecular weight is 222 g/mol. The van der Waals surface area contributed by atoms with Crippen molar-refractivity contribution in [3.05, 3.63) is 48.5 Å². The quantitative estimate of drug-likeness (QED) is 0.820. The summed E-state index contributed by atoms with van der Waals surface area (Å²) in [4.78, 5) is 0. The van der Waals surface area contributed by atoms with E-state index in [0.29, 0.717) is 0 Å². The molecule has 0 aliphatic rings. The van der Waals surface area contributed by atoms with Crippen molar-refractivity contribution in [3.63, 3.8) is 0 Å². The molecule has 0 heterocycles. The Hall–Kier alpha value is -0.336. The van der Waals surface area contributed by atoms with Crippen LogP contribution in [0.3, 0.4) is 0 Å². The first-order valence-corrected chi connectivity index (χ1v) is 3.01. The fourth-order valence-electron chi connectivity index (χ4n) is 0.696. The van der Waals surface area contributed by atoms with Gasteiger partial charge in [-0.05, 0) is 5.69 Å². The molecular weight excluding hydrogens is 213 g/mol. The minimum atomic E-state index is 0. The summed E-state index contributed by atoms with van der Waals surface area (Å²) in [5.41, 5.74) is 7.91. The van der Waals surface area contributed by atoms with Gasteiger partial charge in [-0.2, -0.15) is 0 Å². The van der Waals surface area contributed by atoms with Gasteiger partial charge in [0.05, 0.1) is 0 Å². The van der Waals surface area contributed by atoms with Crippen LogP contribution in [0.25, 0.3) is 5.73 Å². The molecule has 2 N–H and O–H groups in total. The number of rotatable bonds is 2. The summed E-state index contributed by atoms with van der Waals surface area (Å²) in [7, 11) is 0. The van der Waals surface area contributed by atoms with Gasteiger partial charge in [-0.25, -0.2) is 0 Å². The molecule has 0 unspecified atom stereocenters. The fourth-order valence-corrected chi connectivity index (χ4v) is 0.696. The third-order valence-electron chi connectivity index (χ3n) is 1.07.